The first kappa shape index (κ1) is 16.6. The Hall–Kier alpha value is -1.85. The highest BCUT2D eigenvalue weighted by Gasteiger charge is 2.52. The molecule has 2 aromatic carbocycles. The molecule has 0 radical (unpaired) electrons. The molecule has 2 aliphatic rings. The minimum Gasteiger partial charge on any atom is -0.399 e. The summed E-state index contributed by atoms with van der Waals surface area (Å²) in [6.45, 7) is 8.22. The van der Waals surface area contributed by atoms with Crippen LogP contribution in [0.25, 0.3) is 10.8 Å². The van der Waals surface area contributed by atoms with Gasteiger partial charge in [0.1, 0.15) is 0 Å². The van der Waals surface area contributed by atoms with Gasteiger partial charge in [-0.3, -0.25) is 4.79 Å². The highest BCUT2D eigenvalue weighted by Crippen LogP contribution is 2.37. The maximum Gasteiger partial charge on any atom is 0.495 e. The molecule has 2 aromatic rings. The first-order chi connectivity index (χ1) is 11.8. The summed E-state index contributed by atoms with van der Waals surface area (Å²) < 4.78 is 12.4. The van der Waals surface area contributed by atoms with Crippen molar-refractivity contribution < 1.29 is 14.1 Å². The second kappa shape index (κ2) is 5.58. The maximum absolute atomic E-state index is 12.3. The smallest absolute Gasteiger partial charge is 0.399 e. The fourth-order valence-corrected chi connectivity index (χ4v) is 3.12. The highest BCUT2D eigenvalue weighted by molar-refractivity contribution is 6.65. The number of nitrogens with one attached hydrogen (secondary N) is 1. The van der Waals surface area contributed by atoms with Gasteiger partial charge in [0.15, 0.2) is 0 Å². The van der Waals surface area contributed by atoms with E-state index in [1.807, 2.05) is 36.4 Å². The fourth-order valence-electron chi connectivity index (χ4n) is 3.12. The second-order valence-electron chi connectivity index (χ2n) is 8.12. The molecule has 4 nitrogen and oxygen atoms in total. The van der Waals surface area contributed by atoms with E-state index in [2.05, 4.69) is 33.0 Å². The summed E-state index contributed by atoms with van der Waals surface area (Å²) in [5.41, 5.74) is 0.962. The standard InChI is InChI=1S/C20H24BNO3/c1-19(2)20(3,4)25-21(24-19)17-7-5-6-13-12-14(8-11-16(13)17)18(23)22-15-9-10-15/h5-8,11-12,15H,9-10H2,1-4H3,(H,22,23). The number of carbonyl (C=O) groups is 1. The molecule has 1 N–H and O–H groups in total. The van der Waals surface area contributed by atoms with Crippen molar-refractivity contribution in [1.82, 2.24) is 5.32 Å². The molecule has 5 heteroatoms. The van der Waals surface area contributed by atoms with Crippen LogP contribution in [0.4, 0.5) is 0 Å². The van der Waals surface area contributed by atoms with Gasteiger partial charge in [-0.05, 0) is 68.9 Å². The van der Waals surface area contributed by atoms with Crippen LogP contribution in [0.2, 0.25) is 0 Å². The fraction of sp³-hybridized carbons (Fsp3) is 0.450. The first-order valence-corrected chi connectivity index (χ1v) is 8.96. The normalized spacial score (nSPS) is 21.5. The molecule has 0 atom stereocenters. The van der Waals surface area contributed by atoms with Gasteiger partial charge in [0.25, 0.3) is 5.91 Å². The van der Waals surface area contributed by atoms with E-state index in [1.165, 1.54) is 0 Å². The largest absolute Gasteiger partial charge is 0.495 e. The zero-order valence-corrected chi connectivity index (χ0v) is 15.3. The summed E-state index contributed by atoms with van der Waals surface area (Å²) in [5.74, 6) is 0.00503. The van der Waals surface area contributed by atoms with Crippen molar-refractivity contribution in [2.45, 2.75) is 57.8 Å². The molecular weight excluding hydrogens is 313 g/mol. The molecule has 1 amide bonds. The van der Waals surface area contributed by atoms with Crippen molar-refractivity contribution in [2.75, 3.05) is 0 Å². The summed E-state index contributed by atoms with van der Waals surface area (Å²) in [6, 6.07) is 12.2. The van der Waals surface area contributed by atoms with E-state index in [0.29, 0.717) is 11.6 Å². The number of fused-ring (bicyclic) bond motifs is 1. The van der Waals surface area contributed by atoms with E-state index < -0.39 is 7.12 Å². The first-order valence-electron chi connectivity index (χ1n) is 8.96. The SMILES string of the molecule is CC1(C)OB(c2cccc3cc(C(=O)NC4CC4)ccc23)OC1(C)C. The molecule has 1 aliphatic heterocycles. The molecule has 0 spiro atoms. The van der Waals surface area contributed by atoms with Gasteiger partial charge in [-0.2, -0.15) is 0 Å². The average Bonchev–Trinajstić information content (AvgIpc) is 3.32. The van der Waals surface area contributed by atoms with Crippen LogP contribution in [0.3, 0.4) is 0 Å². The third kappa shape index (κ3) is 2.96. The monoisotopic (exact) mass is 337 g/mol. The lowest BCUT2D eigenvalue weighted by Crippen LogP contribution is -2.41. The number of carbonyl (C=O) groups excluding carboxylic acids is 1. The van der Waals surface area contributed by atoms with Gasteiger partial charge in [-0.15, -0.1) is 0 Å². The van der Waals surface area contributed by atoms with E-state index in [9.17, 15) is 4.79 Å². The second-order valence-corrected chi connectivity index (χ2v) is 8.12. The van der Waals surface area contributed by atoms with E-state index >= 15 is 0 Å². The summed E-state index contributed by atoms with van der Waals surface area (Å²) in [7, 11) is -0.403. The van der Waals surface area contributed by atoms with E-state index in [0.717, 1.165) is 29.1 Å². The number of rotatable bonds is 3. The summed E-state index contributed by atoms with van der Waals surface area (Å²) in [6.07, 6.45) is 2.18. The minimum atomic E-state index is -0.403. The Morgan fingerprint density at radius 2 is 1.76 bits per heavy atom. The van der Waals surface area contributed by atoms with Crippen LogP contribution in [0.15, 0.2) is 36.4 Å². The van der Waals surface area contributed by atoms with E-state index in [4.69, 9.17) is 9.31 Å². The van der Waals surface area contributed by atoms with Crippen LogP contribution in [-0.2, 0) is 9.31 Å². The van der Waals surface area contributed by atoms with Gasteiger partial charge >= 0.3 is 7.12 Å². The molecule has 4 rings (SSSR count). The molecular formula is C20H24BNO3. The van der Waals surface area contributed by atoms with Crippen LogP contribution < -0.4 is 10.8 Å². The van der Waals surface area contributed by atoms with Crippen molar-refractivity contribution in [3.8, 4) is 0 Å². The Kier molecular flexibility index (Phi) is 3.71. The molecule has 1 aliphatic carbocycles. The Morgan fingerprint density at radius 3 is 2.40 bits per heavy atom. The highest BCUT2D eigenvalue weighted by atomic mass is 16.7. The zero-order valence-electron chi connectivity index (χ0n) is 15.3. The number of benzene rings is 2. The molecule has 2 fully saturated rings. The third-order valence-electron chi connectivity index (χ3n) is 5.60. The Bertz CT molecular complexity index is 826. The van der Waals surface area contributed by atoms with Crippen molar-refractivity contribution in [1.29, 1.82) is 0 Å². The van der Waals surface area contributed by atoms with Gasteiger partial charge in [0.05, 0.1) is 11.2 Å². The van der Waals surface area contributed by atoms with Gasteiger partial charge in [0.2, 0.25) is 0 Å². The van der Waals surface area contributed by atoms with E-state index in [-0.39, 0.29) is 17.1 Å². The van der Waals surface area contributed by atoms with Crippen molar-refractivity contribution >= 4 is 29.3 Å². The van der Waals surface area contributed by atoms with Crippen molar-refractivity contribution in [2.24, 2.45) is 0 Å². The topological polar surface area (TPSA) is 47.6 Å². The molecule has 0 unspecified atom stereocenters. The molecule has 130 valence electrons. The van der Waals surface area contributed by atoms with Gasteiger partial charge in [-0.1, -0.05) is 24.3 Å². The predicted molar refractivity (Wildman–Crippen MR) is 100 cm³/mol. The quantitative estimate of drug-likeness (QED) is 0.876. The maximum atomic E-state index is 12.3. The molecule has 0 aromatic heterocycles. The Balaban J connectivity index is 1.68. The molecule has 1 saturated heterocycles. The lowest BCUT2D eigenvalue weighted by atomic mass is 9.76. The number of hydrogen-bond acceptors (Lipinski definition) is 3. The summed E-state index contributed by atoms with van der Waals surface area (Å²) in [4.78, 5) is 12.3. The predicted octanol–water partition coefficient (Wildman–Crippen LogP) is 3.03. The van der Waals surface area contributed by atoms with Gasteiger partial charge < -0.3 is 14.6 Å². The molecule has 25 heavy (non-hydrogen) atoms. The summed E-state index contributed by atoms with van der Waals surface area (Å²) in [5, 5.41) is 5.12. The lowest BCUT2D eigenvalue weighted by molar-refractivity contribution is 0.00578. The van der Waals surface area contributed by atoms with Crippen LogP contribution in [-0.4, -0.2) is 30.3 Å². The van der Waals surface area contributed by atoms with Crippen molar-refractivity contribution in [3.05, 3.63) is 42.0 Å². The van der Waals surface area contributed by atoms with Crippen LogP contribution in [0, 0.1) is 0 Å². The van der Waals surface area contributed by atoms with E-state index in [1.54, 1.807) is 0 Å². The number of hydrogen-bond donors (Lipinski definition) is 1. The minimum absolute atomic E-state index is 0.00503. The Labute approximate surface area is 149 Å². The molecule has 1 heterocycles. The molecule has 1 saturated carbocycles. The Morgan fingerprint density at radius 1 is 1.08 bits per heavy atom. The van der Waals surface area contributed by atoms with Crippen LogP contribution in [0.5, 0.6) is 0 Å². The number of amides is 1. The van der Waals surface area contributed by atoms with Crippen LogP contribution in [0.1, 0.15) is 50.9 Å². The lowest BCUT2D eigenvalue weighted by Gasteiger charge is -2.32. The van der Waals surface area contributed by atoms with Gasteiger partial charge in [0, 0.05) is 11.6 Å². The molecule has 0 bridgehead atoms. The average molecular weight is 337 g/mol. The third-order valence-corrected chi connectivity index (χ3v) is 5.60. The van der Waals surface area contributed by atoms with Crippen LogP contribution >= 0.6 is 0 Å². The summed E-state index contributed by atoms with van der Waals surface area (Å²) >= 11 is 0. The zero-order chi connectivity index (χ0) is 17.8. The van der Waals surface area contributed by atoms with Crippen molar-refractivity contribution in [3.63, 3.8) is 0 Å². The van der Waals surface area contributed by atoms with Gasteiger partial charge in [-0.25, -0.2) is 0 Å².